The molecule has 0 unspecified atom stereocenters. The first-order chi connectivity index (χ1) is 10.3. The quantitative estimate of drug-likeness (QED) is 0.739. The third-order valence-electron chi connectivity index (χ3n) is 3.05. The molecule has 0 atom stereocenters. The second kappa shape index (κ2) is 5.57. The van der Waals surface area contributed by atoms with Crippen LogP contribution in [0.3, 0.4) is 0 Å². The average Bonchev–Trinajstić information content (AvgIpc) is 2.92. The first kappa shape index (κ1) is 13.6. The van der Waals surface area contributed by atoms with Gasteiger partial charge in [-0.2, -0.15) is 9.97 Å². The molecule has 6 heteroatoms. The third-order valence-corrected chi connectivity index (χ3v) is 4.20. The summed E-state index contributed by atoms with van der Waals surface area (Å²) in [7, 11) is 4.77. The Labute approximate surface area is 126 Å². The van der Waals surface area contributed by atoms with E-state index in [2.05, 4.69) is 9.97 Å². The Kier molecular flexibility index (Phi) is 3.62. The van der Waals surface area contributed by atoms with Gasteiger partial charge in [0.05, 0.1) is 27.4 Å². The summed E-state index contributed by atoms with van der Waals surface area (Å²) in [5.74, 6) is 2.21. The normalized spacial score (nSPS) is 10.6. The van der Waals surface area contributed by atoms with Crippen LogP contribution in [-0.4, -0.2) is 31.3 Å². The van der Waals surface area contributed by atoms with Crippen LogP contribution in [0.5, 0.6) is 17.5 Å². The maximum absolute atomic E-state index is 5.55. The van der Waals surface area contributed by atoms with Crippen molar-refractivity contribution in [1.29, 1.82) is 0 Å². The van der Waals surface area contributed by atoms with E-state index in [1.165, 1.54) is 0 Å². The lowest BCUT2D eigenvalue weighted by Crippen LogP contribution is -1.97. The predicted octanol–water partition coefficient (Wildman–Crippen LogP) is 3.38. The van der Waals surface area contributed by atoms with E-state index in [0.29, 0.717) is 17.6 Å². The molecule has 0 bridgehead atoms. The van der Waals surface area contributed by atoms with E-state index in [1.807, 2.05) is 24.3 Å². The Bertz CT molecular complexity index is 763. The Morgan fingerprint density at radius 3 is 2.19 bits per heavy atom. The van der Waals surface area contributed by atoms with Crippen LogP contribution in [0.2, 0.25) is 0 Å². The van der Waals surface area contributed by atoms with Crippen molar-refractivity contribution in [2.75, 3.05) is 21.3 Å². The maximum Gasteiger partial charge on any atom is 0.220 e. The van der Waals surface area contributed by atoms with Gasteiger partial charge in [-0.05, 0) is 12.1 Å². The zero-order chi connectivity index (χ0) is 14.8. The summed E-state index contributed by atoms with van der Waals surface area (Å²) in [6.45, 7) is 0. The molecule has 5 nitrogen and oxygen atoms in total. The molecule has 0 radical (unpaired) electrons. The minimum atomic E-state index is 0.455. The molecule has 21 heavy (non-hydrogen) atoms. The zero-order valence-electron chi connectivity index (χ0n) is 11.9. The smallest absolute Gasteiger partial charge is 0.220 e. The first-order valence-electron chi connectivity index (χ1n) is 6.29. The van der Waals surface area contributed by atoms with Crippen LogP contribution in [0.15, 0.2) is 30.3 Å². The number of hydrogen-bond donors (Lipinski definition) is 0. The molecule has 0 aliphatic carbocycles. The summed E-state index contributed by atoms with van der Waals surface area (Å²) in [5.41, 5.74) is 0. The molecule has 1 aromatic carbocycles. The van der Waals surface area contributed by atoms with Crippen LogP contribution in [0.4, 0.5) is 0 Å². The average molecular weight is 302 g/mol. The second-order valence-corrected chi connectivity index (χ2v) is 5.29. The second-order valence-electron chi connectivity index (χ2n) is 4.24. The van der Waals surface area contributed by atoms with Gasteiger partial charge in [0.1, 0.15) is 10.6 Å². The van der Waals surface area contributed by atoms with Crippen LogP contribution in [0.1, 0.15) is 0 Å². The van der Waals surface area contributed by atoms with E-state index in [9.17, 15) is 0 Å². The number of nitrogens with zero attached hydrogens (tertiary/aromatic N) is 2. The summed E-state index contributed by atoms with van der Waals surface area (Å²) in [6, 6.07) is 9.68. The van der Waals surface area contributed by atoms with E-state index in [-0.39, 0.29) is 0 Å². The molecule has 0 saturated heterocycles. The van der Waals surface area contributed by atoms with E-state index < -0.39 is 0 Å². The molecule has 108 valence electrons. The molecule has 0 spiro atoms. The van der Waals surface area contributed by atoms with E-state index in [1.54, 1.807) is 38.7 Å². The Morgan fingerprint density at radius 1 is 0.905 bits per heavy atom. The van der Waals surface area contributed by atoms with Gasteiger partial charge in [-0.15, -0.1) is 11.3 Å². The lowest BCUT2D eigenvalue weighted by atomic mass is 10.2. The summed E-state index contributed by atoms with van der Waals surface area (Å²) in [5, 5.41) is 1.05. The molecule has 2 aromatic heterocycles. The molecule has 0 fully saturated rings. The lowest BCUT2D eigenvalue weighted by Gasteiger charge is -2.06. The minimum Gasteiger partial charge on any atom is -0.494 e. The number of ether oxygens (including phenoxy) is 3. The molecular formula is C15H14N2O3S. The predicted molar refractivity (Wildman–Crippen MR) is 82.5 cm³/mol. The zero-order valence-corrected chi connectivity index (χ0v) is 12.7. The van der Waals surface area contributed by atoms with Gasteiger partial charge in [0.15, 0.2) is 5.82 Å². The number of benzene rings is 1. The number of thiophene rings is 1. The Hall–Kier alpha value is -2.34. The van der Waals surface area contributed by atoms with Crippen molar-refractivity contribution < 1.29 is 14.2 Å². The van der Waals surface area contributed by atoms with Crippen molar-refractivity contribution in [1.82, 2.24) is 9.97 Å². The van der Waals surface area contributed by atoms with Gasteiger partial charge in [-0.1, -0.05) is 12.1 Å². The summed E-state index contributed by atoms with van der Waals surface area (Å²) < 4.78 is 17.1. The Balaban J connectivity index is 2.24. The van der Waals surface area contributed by atoms with E-state index >= 15 is 0 Å². The van der Waals surface area contributed by atoms with Crippen molar-refractivity contribution in [3.63, 3.8) is 0 Å². The van der Waals surface area contributed by atoms with Gasteiger partial charge >= 0.3 is 0 Å². The first-order valence-corrected chi connectivity index (χ1v) is 7.11. The monoisotopic (exact) mass is 302 g/mol. The van der Waals surface area contributed by atoms with Gasteiger partial charge < -0.3 is 14.2 Å². The SMILES string of the molecule is COc1cc(OC)nc(-c2sc3ccccc3c2OC)n1. The van der Waals surface area contributed by atoms with Crippen molar-refractivity contribution in [2.45, 2.75) is 0 Å². The number of fused-ring (bicyclic) bond motifs is 1. The number of methoxy groups -OCH3 is 3. The van der Waals surface area contributed by atoms with Crippen LogP contribution in [-0.2, 0) is 0 Å². The van der Waals surface area contributed by atoms with Gasteiger partial charge in [0, 0.05) is 10.1 Å². The molecule has 0 amide bonds. The largest absolute Gasteiger partial charge is 0.494 e. The fourth-order valence-corrected chi connectivity index (χ4v) is 3.19. The van der Waals surface area contributed by atoms with Gasteiger partial charge in [0.2, 0.25) is 11.8 Å². The van der Waals surface area contributed by atoms with Crippen LogP contribution < -0.4 is 14.2 Å². The number of rotatable bonds is 4. The molecule has 0 saturated carbocycles. The minimum absolute atomic E-state index is 0.455. The highest BCUT2D eigenvalue weighted by Crippen LogP contribution is 2.43. The lowest BCUT2D eigenvalue weighted by molar-refractivity contribution is 0.372. The van der Waals surface area contributed by atoms with E-state index in [4.69, 9.17) is 14.2 Å². The molecule has 2 heterocycles. The summed E-state index contributed by atoms with van der Waals surface area (Å²) in [6.07, 6.45) is 0. The fourth-order valence-electron chi connectivity index (χ4n) is 2.09. The fraction of sp³-hybridized carbons (Fsp3) is 0.200. The van der Waals surface area contributed by atoms with Crippen LogP contribution >= 0.6 is 11.3 Å². The van der Waals surface area contributed by atoms with Gasteiger partial charge in [-0.3, -0.25) is 0 Å². The molecular weight excluding hydrogens is 288 g/mol. The maximum atomic E-state index is 5.55. The molecule has 3 rings (SSSR count). The van der Waals surface area contributed by atoms with Crippen molar-refractivity contribution in [3.8, 4) is 28.2 Å². The third kappa shape index (κ3) is 2.38. The highest BCUT2D eigenvalue weighted by Gasteiger charge is 2.18. The van der Waals surface area contributed by atoms with Crippen molar-refractivity contribution in [2.24, 2.45) is 0 Å². The highest BCUT2D eigenvalue weighted by atomic mass is 32.1. The number of hydrogen-bond acceptors (Lipinski definition) is 6. The number of aromatic nitrogens is 2. The Morgan fingerprint density at radius 2 is 1.57 bits per heavy atom. The molecule has 0 N–H and O–H groups in total. The molecule has 0 aliphatic heterocycles. The standard InChI is InChI=1S/C15H14N2O3S/c1-18-11-8-12(19-2)17-15(16-11)14-13(20-3)9-6-4-5-7-10(9)21-14/h4-8H,1-3H3. The van der Waals surface area contributed by atoms with Crippen molar-refractivity contribution in [3.05, 3.63) is 30.3 Å². The van der Waals surface area contributed by atoms with E-state index in [0.717, 1.165) is 20.7 Å². The summed E-state index contributed by atoms with van der Waals surface area (Å²) in [4.78, 5) is 9.64. The molecule has 0 aliphatic rings. The van der Waals surface area contributed by atoms with Gasteiger partial charge in [0.25, 0.3) is 0 Å². The van der Waals surface area contributed by atoms with Gasteiger partial charge in [-0.25, -0.2) is 0 Å². The molecule has 3 aromatic rings. The van der Waals surface area contributed by atoms with Crippen LogP contribution in [0, 0.1) is 0 Å². The summed E-state index contributed by atoms with van der Waals surface area (Å²) >= 11 is 1.58. The van der Waals surface area contributed by atoms with Crippen LogP contribution in [0.25, 0.3) is 20.8 Å². The topological polar surface area (TPSA) is 53.5 Å². The van der Waals surface area contributed by atoms with Crippen molar-refractivity contribution >= 4 is 21.4 Å². The highest BCUT2D eigenvalue weighted by molar-refractivity contribution is 7.22.